The van der Waals surface area contributed by atoms with Crippen LogP contribution < -0.4 is 10.7 Å². The number of allylic oxidation sites excluding steroid dienone is 4. The molecule has 0 radical (unpaired) electrons. The number of carbonyl (C=O) groups excluding carboxylic acids is 1. The van der Waals surface area contributed by atoms with Gasteiger partial charge in [0, 0.05) is 75.9 Å². The molecule has 266 valence electrons. The lowest BCUT2D eigenvalue weighted by Gasteiger charge is -2.10. The Kier molecular flexibility index (Phi) is 9.59. The third kappa shape index (κ3) is 6.79. The van der Waals surface area contributed by atoms with Crippen LogP contribution in [0.1, 0.15) is 57.8 Å². The fourth-order valence-corrected chi connectivity index (χ4v) is 6.78. The number of pyridine rings is 3. The molecule has 0 saturated heterocycles. The molecule has 3 aliphatic rings. The molecule has 8 bridgehead atoms. The third-order valence-electron chi connectivity index (χ3n) is 9.25. The van der Waals surface area contributed by atoms with Crippen LogP contribution in [0, 0.1) is 0 Å². The van der Waals surface area contributed by atoms with Crippen molar-refractivity contribution in [3.05, 3.63) is 213 Å². The zero-order valence-corrected chi connectivity index (χ0v) is 30.4. The van der Waals surface area contributed by atoms with E-state index >= 15 is 0 Å². The molecule has 6 aromatic rings. The number of fused-ring (bicyclic) bond motifs is 6. The van der Waals surface area contributed by atoms with Crippen LogP contribution in [-0.4, -0.2) is 49.4 Å². The van der Waals surface area contributed by atoms with Crippen LogP contribution in [0.3, 0.4) is 0 Å². The molecule has 9 heteroatoms. The third-order valence-corrected chi connectivity index (χ3v) is 9.25. The number of benzene rings is 1. The first-order valence-electron chi connectivity index (χ1n) is 18.0. The summed E-state index contributed by atoms with van der Waals surface area (Å²) in [5, 5.41) is 1.71. The summed E-state index contributed by atoms with van der Waals surface area (Å²) in [4.78, 5) is 43.0. The lowest BCUT2D eigenvalue weighted by atomic mass is 9.99. The summed E-state index contributed by atoms with van der Waals surface area (Å²) < 4.78 is 4.97. The molecule has 3 aliphatic heterocycles. The predicted molar refractivity (Wildman–Crippen MR) is 216 cm³/mol. The highest BCUT2D eigenvalue weighted by atomic mass is 16.5. The number of rotatable bonds is 5. The second-order valence-electron chi connectivity index (χ2n) is 12.4. The zero-order valence-electron chi connectivity index (χ0n) is 30.4. The summed E-state index contributed by atoms with van der Waals surface area (Å²) in [6.45, 7) is 4.00. The average molecular weight is 718 g/mol. The van der Waals surface area contributed by atoms with Crippen molar-refractivity contribution in [1.82, 2.24) is 24.9 Å². The number of aliphatic imine (C=N–C) groups is 2. The summed E-state index contributed by atoms with van der Waals surface area (Å²) in [5.41, 5.74) is 16.1. The number of aromatic amines is 2. The number of esters is 1. The Hall–Kier alpha value is -7.48. The number of hydrogen-bond donors (Lipinski definition) is 2. The van der Waals surface area contributed by atoms with Gasteiger partial charge in [0.1, 0.15) is 5.70 Å². The van der Waals surface area contributed by atoms with E-state index in [-0.39, 0.29) is 0 Å². The number of nitrogens with one attached hydrogen (secondary N) is 2. The van der Waals surface area contributed by atoms with Crippen LogP contribution in [0.2, 0.25) is 0 Å². The van der Waals surface area contributed by atoms with Gasteiger partial charge in [-0.3, -0.25) is 15.0 Å². The normalized spacial score (nSPS) is 17.7. The minimum Gasteiger partial charge on any atom is -0.465 e. The van der Waals surface area contributed by atoms with Crippen molar-refractivity contribution >= 4 is 39.7 Å². The molecular formula is C46H35N7O2. The van der Waals surface area contributed by atoms with E-state index < -0.39 is 5.97 Å². The van der Waals surface area contributed by atoms with Crippen molar-refractivity contribution in [2.45, 2.75) is 13.8 Å². The molecule has 8 heterocycles. The summed E-state index contributed by atoms with van der Waals surface area (Å²) in [7, 11) is 1.38. The Morgan fingerprint density at radius 2 is 1.07 bits per heavy atom. The van der Waals surface area contributed by atoms with Gasteiger partial charge in [-0.05, 0) is 119 Å². The maximum absolute atomic E-state index is 12.3. The Morgan fingerprint density at radius 3 is 1.69 bits per heavy atom. The van der Waals surface area contributed by atoms with Gasteiger partial charge in [0.25, 0.3) is 0 Å². The van der Waals surface area contributed by atoms with Crippen molar-refractivity contribution in [1.29, 1.82) is 0 Å². The first-order valence-corrected chi connectivity index (χ1v) is 18.0. The molecule has 0 unspecified atom stereocenters. The number of hydrogen-bond acceptors (Lipinski definition) is 7. The fourth-order valence-electron chi connectivity index (χ4n) is 6.78. The van der Waals surface area contributed by atoms with E-state index in [1.165, 1.54) is 7.11 Å². The molecule has 0 fully saturated rings. The van der Waals surface area contributed by atoms with E-state index in [1.807, 2.05) is 74.5 Å². The first kappa shape index (κ1) is 34.6. The molecule has 0 aliphatic carbocycles. The van der Waals surface area contributed by atoms with Crippen molar-refractivity contribution in [2.75, 3.05) is 7.11 Å². The second-order valence-corrected chi connectivity index (χ2v) is 12.4. The number of nitrogens with zero attached hydrogens (tertiary/aromatic N) is 5. The van der Waals surface area contributed by atoms with Gasteiger partial charge in [-0.25, -0.2) is 14.8 Å². The van der Waals surface area contributed by atoms with Crippen LogP contribution >= 0.6 is 0 Å². The topological polar surface area (TPSA) is 121 Å². The molecule has 0 saturated carbocycles. The largest absolute Gasteiger partial charge is 0.465 e. The van der Waals surface area contributed by atoms with Crippen LogP contribution in [0.25, 0.3) is 22.3 Å². The number of methoxy groups -OCH3 is 1. The van der Waals surface area contributed by atoms with Gasteiger partial charge in [-0.15, -0.1) is 0 Å². The van der Waals surface area contributed by atoms with Crippen LogP contribution in [-0.2, 0) is 4.74 Å². The highest BCUT2D eigenvalue weighted by Gasteiger charge is 2.22. The van der Waals surface area contributed by atoms with Gasteiger partial charge in [-0.1, -0.05) is 31.7 Å². The number of ether oxygens (including phenoxy) is 1. The van der Waals surface area contributed by atoms with E-state index in [1.54, 1.807) is 49.3 Å². The molecule has 2 N–H and O–H groups in total. The molecule has 55 heavy (non-hydrogen) atoms. The Morgan fingerprint density at radius 1 is 0.545 bits per heavy atom. The summed E-state index contributed by atoms with van der Waals surface area (Å²) in [6, 6.07) is 27.5. The minimum absolute atomic E-state index is 0.398. The standard InChI is InChI=1S/C44H29N7O2.C2H6/c1-53-44(52)31-4-2-28(3-5-31)41-35-7-6-32(48-35)26-33(27-14-20-45-21-15-27)34-8-9-36(49-34)42(29-16-22-46-23-17-29)38-12-13-40(51-38)43(30-18-24-47-25-19-30)39-11-10-37(41)50-39;1-2/h2-25,49-50H,1H3;1-2H3/b41-37-,42-38-,43-39-;. The van der Waals surface area contributed by atoms with Crippen molar-refractivity contribution in [3.8, 4) is 0 Å². The highest BCUT2D eigenvalue weighted by Crippen LogP contribution is 2.33. The average Bonchev–Trinajstić information content (AvgIpc) is 4.09. The van der Waals surface area contributed by atoms with E-state index in [9.17, 15) is 4.79 Å². The molecule has 0 spiro atoms. The smallest absolute Gasteiger partial charge is 0.337 e. The van der Waals surface area contributed by atoms with Gasteiger partial charge >= 0.3 is 5.97 Å². The Balaban J connectivity index is 0.00000210. The van der Waals surface area contributed by atoms with Crippen molar-refractivity contribution in [2.24, 2.45) is 9.98 Å². The lowest BCUT2D eigenvalue weighted by Crippen LogP contribution is -2.21. The minimum atomic E-state index is -0.398. The Labute approximate surface area is 317 Å². The fraction of sp³-hybridized carbons (Fsp3) is 0.0652. The van der Waals surface area contributed by atoms with E-state index in [0.717, 1.165) is 83.8 Å². The SMILES string of the molecule is CC.COC(=O)c1ccc(/C2=c3\cc/c([nH]3)=C(\c3ccncc3)C3=N/C(=C(/c4ccncc4)c4ccc([nH]4)C(c4ccncc4)=C=C4C=CC2=N4)C=C3)cc1. The Bertz CT molecular complexity index is 2780. The summed E-state index contributed by atoms with van der Waals surface area (Å²) in [5.74, 6) is -0.398. The molecule has 0 amide bonds. The van der Waals surface area contributed by atoms with Crippen LogP contribution in [0.5, 0.6) is 0 Å². The quantitative estimate of drug-likeness (QED) is 0.145. The zero-order chi connectivity index (χ0) is 37.7. The maximum atomic E-state index is 12.3. The summed E-state index contributed by atoms with van der Waals surface area (Å²) >= 11 is 0. The van der Waals surface area contributed by atoms with Gasteiger partial charge < -0.3 is 14.7 Å². The summed E-state index contributed by atoms with van der Waals surface area (Å²) in [6.07, 6.45) is 18.8. The molecule has 9 nitrogen and oxygen atoms in total. The number of H-pyrrole nitrogens is 2. The first-order chi connectivity index (χ1) is 27.1. The van der Waals surface area contributed by atoms with Gasteiger partial charge in [-0.2, -0.15) is 0 Å². The van der Waals surface area contributed by atoms with E-state index in [0.29, 0.717) is 11.3 Å². The van der Waals surface area contributed by atoms with E-state index in [2.05, 4.69) is 67.1 Å². The molecule has 9 rings (SSSR count). The predicted octanol–water partition coefficient (Wildman–Crippen LogP) is 7.15. The molecule has 1 aromatic carbocycles. The number of carbonyl (C=O) groups is 1. The van der Waals surface area contributed by atoms with Crippen molar-refractivity contribution < 1.29 is 9.53 Å². The van der Waals surface area contributed by atoms with E-state index in [4.69, 9.17) is 14.7 Å². The monoisotopic (exact) mass is 717 g/mol. The highest BCUT2D eigenvalue weighted by molar-refractivity contribution is 6.31. The van der Waals surface area contributed by atoms with Gasteiger partial charge in [0.05, 0.1) is 35.5 Å². The molecule has 5 aromatic heterocycles. The van der Waals surface area contributed by atoms with Gasteiger partial charge in [0.15, 0.2) is 0 Å². The molecular weight excluding hydrogens is 683 g/mol. The van der Waals surface area contributed by atoms with Gasteiger partial charge in [0.2, 0.25) is 0 Å². The second kappa shape index (κ2) is 15.2. The van der Waals surface area contributed by atoms with Crippen LogP contribution in [0.4, 0.5) is 0 Å². The van der Waals surface area contributed by atoms with Crippen LogP contribution in [0.15, 0.2) is 174 Å². The molecule has 0 atom stereocenters. The maximum Gasteiger partial charge on any atom is 0.337 e. The van der Waals surface area contributed by atoms with Crippen molar-refractivity contribution in [3.63, 3.8) is 0 Å². The lowest BCUT2D eigenvalue weighted by molar-refractivity contribution is 0.0600. The number of aromatic nitrogens is 5.